The third-order valence-electron chi connectivity index (χ3n) is 2.60. The van der Waals surface area contributed by atoms with E-state index in [9.17, 15) is 4.79 Å². The van der Waals surface area contributed by atoms with Crippen LogP contribution in [-0.4, -0.2) is 11.1 Å². The molecule has 1 aromatic carbocycles. The van der Waals surface area contributed by atoms with Crippen LogP contribution in [0.5, 0.6) is 0 Å². The lowest BCUT2D eigenvalue weighted by Gasteiger charge is -2.07. The van der Waals surface area contributed by atoms with Crippen molar-refractivity contribution in [3.63, 3.8) is 0 Å². The molecule has 86 valence electrons. The lowest BCUT2D eigenvalue weighted by Crippen LogP contribution is -2.07. The van der Waals surface area contributed by atoms with E-state index in [0.717, 1.165) is 12.0 Å². The van der Waals surface area contributed by atoms with E-state index in [1.165, 1.54) is 11.1 Å². The van der Waals surface area contributed by atoms with E-state index in [2.05, 4.69) is 19.9 Å². The number of hydrogen-bond donors (Lipinski definition) is 1. The normalized spacial score (nSPS) is 11.9. The molecule has 1 atom stereocenters. The van der Waals surface area contributed by atoms with Crippen molar-refractivity contribution in [1.82, 2.24) is 0 Å². The van der Waals surface area contributed by atoms with Crippen LogP contribution in [0.1, 0.15) is 37.8 Å². The third kappa shape index (κ3) is 3.54. The van der Waals surface area contributed by atoms with Gasteiger partial charge >= 0.3 is 5.97 Å². The fraction of sp³-hybridized carbons (Fsp3) is 0.357. The van der Waals surface area contributed by atoms with E-state index >= 15 is 0 Å². The molecule has 1 aromatic rings. The summed E-state index contributed by atoms with van der Waals surface area (Å²) in [7, 11) is 0. The molecule has 0 aliphatic heterocycles. The number of aliphatic carboxylic acids is 1. The van der Waals surface area contributed by atoms with Gasteiger partial charge < -0.3 is 5.11 Å². The van der Waals surface area contributed by atoms with E-state index in [-0.39, 0.29) is 0 Å². The fourth-order valence-corrected chi connectivity index (χ4v) is 1.41. The first-order valence-corrected chi connectivity index (χ1v) is 5.45. The zero-order valence-electron chi connectivity index (χ0n) is 10.0. The van der Waals surface area contributed by atoms with Gasteiger partial charge in [-0.3, -0.25) is 4.79 Å². The van der Waals surface area contributed by atoms with Crippen molar-refractivity contribution in [2.75, 3.05) is 0 Å². The van der Waals surface area contributed by atoms with Crippen molar-refractivity contribution in [3.8, 4) is 0 Å². The van der Waals surface area contributed by atoms with E-state index in [0.29, 0.717) is 0 Å². The average molecular weight is 218 g/mol. The molecule has 0 aliphatic carbocycles. The molecule has 0 aliphatic rings. The summed E-state index contributed by atoms with van der Waals surface area (Å²) in [5, 5.41) is 8.87. The SMILES string of the molecule is CC(C)=CCc1ccc([C@@H](C)C(=O)O)cc1. The maximum Gasteiger partial charge on any atom is 0.310 e. The summed E-state index contributed by atoms with van der Waals surface area (Å²) in [6.45, 7) is 5.84. The Kier molecular flexibility index (Phi) is 4.29. The Labute approximate surface area is 96.6 Å². The largest absolute Gasteiger partial charge is 0.481 e. The molecule has 0 bridgehead atoms. The first-order valence-electron chi connectivity index (χ1n) is 5.45. The van der Waals surface area contributed by atoms with Crippen molar-refractivity contribution >= 4 is 5.97 Å². The molecule has 0 amide bonds. The summed E-state index contributed by atoms with van der Waals surface area (Å²) >= 11 is 0. The minimum atomic E-state index is -0.781. The number of benzene rings is 1. The van der Waals surface area contributed by atoms with Crippen LogP contribution in [0.4, 0.5) is 0 Å². The Balaban J connectivity index is 2.75. The molecular weight excluding hydrogens is 200 g/mol. The molecule has 0 unspecified atom stereocenters. The van der Waals surface area contributed by atoms with Gasteiger partial charge in [0.05, 0.1) is 5.92 Å². The second-order valence-electron chi connectivity index (χ2n) is 4.29. The maximum atomic E-state index is 10.8. The number of carbonyl (C=O) groups is 1. The first kappa shape index (κ1) is 12.5. The molecule has 1 N–H and O–H groups in total. The monoisotopic (exact) mass is 218 g/mol. The molecule has 1 rings (SSSR count). The predicted octanol–water partition coefficient (Wildman–Crippen LogP) is 3.38. The number of allylic oxidation sites excluding steroid dienone is 2. The Hall–Kier alpha value is -1.57. The van der Waals surface area contributed by atoms with Crippen LogP contribution in [0.3, 0.4) is 0 Å². The minimum Gasteiger partial charge on any atom is -0.481 e. The van der Waals surface area contributed by atoms with Crippen LogP contribution in [-0.2, 0) is 11.2 Å². The molecule has 0 fully saturated rings. The highest BCUT2D eigenvalue weighted by Crippen LogP contribution is 2.16. The van der Waals surface area contributed by atoms with Gasteiger partial charge in [0.25, 0.3) is 0 Å². The Morgan fingerprint density at radius 2 is 1.88 bits per heavy atom. The van der Waals surface area contributed by atoms with Crippen molar-refractivity contribution in [1.29, 1.82) is 0 Å². The Morgan fingerprint density at radius 3 is 2.31 bits per heavy atom. The second-order valence-corrected chi connectivity index (χ2v) is 4.29. The van der Waals surface area contributed by atoms with Gasteiger partial charge in [0, 0.05) is 0 Å². The minimum absolute atomic E-state index is 0.433. The van der Waals surface area contributed by atoms with Crippen molar-refractivity contribution in [3.05, 3.63) is 47.0 Å². The van der Waals surface area contributed by atoms with Gasteiger partial charge in [-0.25, -0.2) is 0 Å². The zero-order valence-corrected chi connectivity index (χ0v) is 10.0. The van der Waals surface area contributed by atoms with E-state index in [4.69, 9.17) is 5.11 Å². The summed E-state index contributed by atoms with van der Waals surface area (Å²) in [5.74, 6) is -1.21. The molecular formula is C14H18O2. The van der Waals surface area contributed by atoms with Crippen LogP contribution in [0.15, 0.2) is 35.9 Å². The topological polar surface area (TPSA) is 37.3 Å². The first-order chi connectivity index (χ1) is 7.50. The van der Waals surface area contributed by atoms with E-state index in [1.54, 1.807) is 6.92 Å². The highest BCUT2D eigenvalue weighted by Gasteiger charge is 2.12. The number of rotatable bonds is 4. The number of carboxylic acid groups (broad SMARTS) is 1. The molecule has 0 saturated carbocycles. The predicted molar refractivity (Wildman–Crippen MR) is 65.6 cm³/mol. The molecule has 2 nitrogen and oxygen atoms in total. The Bertz CT molecular complexity index is 384. The van der Waals surface area contributed by atoms with Crippen molar-refractivity contribution in [2.24, 2.45) is 0 Å². The molecule has 0 aromatic heterocycles. The lowest BCUT2D eigenvalue weighted by molar-refractivity contribution is -0.138. The van der Waals surface area contributed by atoms with Gasteiger partial charge in [-0.1, -0.05) is 35.9 Å². The lowest BCUT2D eigenvalue weighted by atomic mass is 9.99. The number of hydrogen-bond acceptors (Lipinski definition) is 1. The molecule has 0 radical (unpaired) electrons. The zero-order chi connectivity index (χ0) is 12.1. The summed E-state index contributed by atoms with van der Waals surface area (Å²) in [6.07, 6.45) is 3.07. The average Bonchev–Trinajstić information content (AvgIpc) is 2.26. The summed E-state index contributed by atoms with van der Waals surface area (Å²) in [4.78, 5) is 10.8. The van der Waals surface area contributed by atoms with Crippen LogP contribution >= 0.6 is 0 Å². The highest BCUT2D eigenvalue weighted by atomic mass is 16.4. The smallest absolute Gasteiger partial charge is 0.310 e. The summed E-state index contributed by atoms with van der Waals surface area (Å²) in [5.41, 5.74) is 3.36. The number of carboxylic acids is 1. The van der Waals surface area contributed by atoms with Gasteiger partial charge in [0.1, 0.15) is 0 Å². The van der Waals surface area contributed by atoms with Gasteiger partial charge in [-0.2, -0.15) is 0 Å². The highest BCUT2D eigenvalue weighted by molar-refractivity contribution is 5.75. The van der Waals surface area contributed by atoms with Crippen molar-refractivity contribution < 1.29 is 9.90 Å². The van der Waals surface area contributed by atoms with Gasteiger partial charge in [-0.05, 0) is 38.3 Å². The quantitative estimate of drug-likeness (QED) is 0.786. The fourth-order valence-electron chi connectivity index (χ4n) is 1.41. The standard InChI is InChI=1S/C14H18O2/c1-10(2)4-5-12-6-8-13(9-7-12)11(3)14(15)16/h4,6-9,11H,5H2,1-3H3,(H,15,16)/t11-/m1/s1. The van der Waals surface area contributed by atoms with Gasteiger partial charge in [-0.15, -0.1) is 0 Å². The van der Waals surface area contributed by atoms with E-state index < -0.39 is 11.9 Å². The molecule has 0 spiro atoms. The molecule has 0 heterocycles. The molecule has 2 heteroatoms. The van der Waals surface area contributed by atoms with Crippen LogP contribution in [0.25, 0.3) is 0 Å². The van der Waals surface area contributed by atoms with Gasteiger partial charge in [0.15, 0.2) is 0 Å². The third-order valence-corrected chi connectivity index (χ3v) is 2.60. The maximum absolute atomic E-state index is 10.8. The Morgan fingerprint density at radius 1 is 1.31 bits per heavy atom. The summed E-state index contributed by atoms with van der Waals surface area (Å²) in [6, 6.07) is 7.78. The molecule has 16 heavy (non-hydrogen) atoms. The van der Waals surface area contributed by atoms with E-state index in [1.807, 2.05) is 24.3 Å². The van der Waals surface area contributed by atoms with Crippen LogP contribution < -0.4 is 0 Å². The second kappa shape index (κ2) is 5.50. The van der Waals surface area contributed by atoms with Crippen LogP contribution in [0.2, 0.25) is 0 Å². The molecule has 0 saturated heterocycles. The van der Waals surface area contributed by atoms with Gasteiger partial charge in [0.2, 0.25) is 0 Å². The van der Waals surface area contributed by atoms with Crippen LogP contribution in [0, 0.1) is 0 Å². The van der Waals surface area contributed by atoms with Crippen molar-refractivity contribution in [2.45, 2.75) is 33.1 Å². The summed E-state index contributed by atoms with van der Waals surface area (Å²) < 4.78 is 0.